The second-order valence-electron chi connectivity index (χ2n) is 6.96. The first-order chi connectivity index (χ1) is 16.0. The van der Waals surface area contributed by atoms with Gasteiger partial charge in [-0.05, 0) is 49.4 Å². The Morgan fingerprint density at radius 1 is 1.09 bits per heavy atom. The number of nitrogens with zero attached hydrogens (tertiary/aromatic N) is 3. The zero-order valence-electron chi connectivity index (χ0n) is 18.2. The van der Waals surface area contributed by atoms with Crippen molar-refractivity contribution in [3.8, 4) is 33.6 Å². The minimum atomic E-state index is -0.317. The highest BCUT2D eigenvalue weighted by atomic mass is 35.5. The molecule has 0 aliphatic heterocycles. The zero-order valence-corrected chi connectivity index (χ0v) is 19.7. The fraction of sp³-hybridized carbons (Fsp3) is 0.174. The Kier molecular flexibility index (Phi) is 6.81. The highest BCUT2D eigenvalue weighted by molar-refractivity contribution is 7.12. The van der Waals surface area contributed by atoms with Gasteiger partial charge in [0.05, 0.1) is 25.6 Å². The van der Waals surface area contributed by atoms with E-state index >= 15 is 0 Å². The molecular weight excluding hydrogens is 464 g/mol. The maximum Gasteiger partial charge on any atom is 0.263 e. The summed E-state index contributed by atoms with van der Waals surface area (Å²) in [5.74, 6) is 2.00. The van der Waals surface area contributed by atoms with Gasteiger partial charge in [0.15, 0.2) is 18.1 Å². The number of carbonyl (C=O) groups is 1. The van der Waals surface area contributed by atoms with E-state index in [-0.39, 0.29) is 12.5 Å². The smallest absolute Gasteiger partial charge is 0.263 e. The Morgan fingerprint density at radius 3 is 2.58 bits per heavy atom. The first-order valence-electron chi connectivity index (χ1n) is 9.90. The number of benzene rings is 2. The van der Waals surface area contributed by atoms with Crippen molar-refractivity contribution in [1.29, 1.82) is 0 Å². The van der Waals surface area contributed by atoms with Crippen molar-refractivity contribution in [3.63, 3.8) is 0 Å². The SMILES string of the molecule is COc1ccc(-c2csc(-n3nc(C)cc3NC(=O)COc3ccc(Cl)cc3)n2)cc1OC. The van der Waals surface area contributed by atoms with E-state index in [1.165, 1.54) is 11.3 Å². The summed E-state index contributed by atoms with van der Waals surface area (Å²) in [6, 6.07) is 14.2. The number of halogens is 1. The van der Waals surface area contributed by atoms with Crippen LogP contribution in [0.5, 0.6) is 17.2 Å². The van der Waals surface area contributed by atoms with Crippen LogP contribution in [0.4, 0.5) is 5.82 Å². The summed E-state index contributed by atoms with van der Waals surface area (Å²) in [7, 11) is 3.18. The summed E-state index contributed by atoms with van der Waals surface area (Å²) in [6.07, 6.45) is 0. The monoisotopic (exact) mass is 484 g/mol. The number of aryl methyl sites for hydroxylation is 1. The Balaban J connectivity index is 1.50. The van der Waals surface area contributed by atoms with E-state index in [2.05, 4.69) is 10.4 Å². The second-order valence-corrected chi connectivity index (χ2v) is 8.23. The lowest BCUT2D eigenvalue weighted by Gasteiger charge is -2.09. The summed E-state index contributed by atoms with van der Waals surface area (Å²) >= 11 is 7.28. The van der Waals surface area contributed by atoms with E-state index in [9.17, 15) is 4.79 Å². The van der Waals surface area contributed by atoms with Gasteiger partial charge < -0.3 is 19.5 Å². The molecule has 0 bridgehead atoms. The van der Waals surface area contributed by atoms with Gasteiger partial charge in [0.25, 0.3) is 5.91 Å². The molecule has 0 unspecified atom stereocenters. The number of hydrogen-bond donors (Lipinski definition) is 1. The van der Waals surface area contributed by atoms with Crippen molar-refractivity contribution < 1.29 is 19.0 Å². The second kappa shape index (κ2) is 9.93. The highest BCUT2D eigenvalue weighted by Gasteiger charge is 2.16. The Bertz CT molecular complexity index is 1270. The maximum atomic E-state index is 12.5. The van der Waals surface area contributed by atoms with Crippen LogP contribution in [-0.2, 0) is 4.79 Å². The van der Waals surface area contributed by atoms with Gasteiger partial charge in [-0.25, -0.2) is 4.98 Å². The summed E-state index contributed by atoms with van der Waals surface area (Å²) in [5, 5.41) is 10.4. The predicted molar refractivity (Wildman–Crippen MR) is 128 cm³/mol. The molecule has 0 fully saturated rings. The summed E-state index contributed by atoms with van der Waals surface area (Å²) < 4.78 is 17.8. The third-order valence-electron chi connectivity index (χ3n) is 4.64. The van der Waals surface area contributed by atoms with Crippen LogP contribution < -0.4 is 19.5 Å². The highest BCUT2D eigenvalue weighted by Crippen LogP contribution is 2.33. The van der Waals surface area contributed by atoms with Crippen LogP contribution >= 0.6 is 22.9 Å². The van der Waals surface area contributed by atoms with E-state index in [0.717, 1.165) is 17.0 Å². The molecule has 0 aliphatic carbocycles. The van der Waals surface area contributed by atoms with Gasteiger partial charge in [-0.3, -0.25) is 4.79 Å². The minimum absolute atomic E-state index is 0.152. The van der Waals surface area contributed by atoms with Gasteiger partial charge in [0.1, 0.15) is 11.6 Å². The van der Waals surface area contributed by atoms with Gasteiger partial charge in [-0.1, -0.05) is 11.6 Å². The van der Waals surface area contributed by atoms with Gasteiger partial charge in [-0.2, -0.15) is 9.78 Å². The van der Waals surface area contributed by atoms with Crippen molar-refractivity contribution in [2.24, 2.45) is 0 Å². The van der Waals surface area contributed by atoms with Crippen LogP contribution in [0.2, 0.25) is 5.02 Å². The minimum Gasteiger partial charge on any atom is -0.493 e. The molecule has 1 amide bonds. The molecule has 0 aliphatic rings. The summed E-state index contributed by atoms with van der Waals surface area (Å²) in [5.41, 5.74) is 2.38. The number of thiazole rings is 1. The fourth-order valence-corrected chi connectivity index (χ4v) is 4.00. The van der Waals surface area contributed by atoms with Crippen LogP contribution in [0.3, 0.4) is 0 Å². The molecular formula is C23H21ClN4O4S. The number of amides is 1. The molecule has 2 aromatic carbocycles. The lowest BCUT2D eigenvalue weighted by molar-refractivity contribution is -0.118. The number of hydrogen-bond acceptors (Lipinski definition) is 7. The lowest BCUT2D eigenvalue weighted by atomic mass is 10.1. The Morgan fingerprint density at radius 2 is 1.85 bits per heavy atom. The molecule has 33 heavy (non-hydrogen) atoms. The standard InChI is InChI=1S/C23H21ClN4O4S/c1-14-10-21(26-22(29)12-32-17-7-5-16(24)6-8-17)28(27-14)23-25-18(13-33-23)15-4-9-19(30-2)20(11-15)31-3/h4-11,13H,12H2,1-3H3,(H,26,29). The maximum absolute atomic E-state index is 12.5. The molecule has 2 heterocycles. The van der Waals surface area contributed by atoms with Crippen LogP contribution in [0, 0.1) is 6.92 Å². The van der Waals surface area contributed by atoms with E-state index in [1.807, 2.05) is 30.5 Å². The van der Waals surface area contributed by atoms with Gasteiger partial charge >= 0.3 is 0 Å². The van der Waals surface area contributed by atoms with E-state index in [0.29, 0.717) is 33.2 Å². The molecule has 0 atom stereocenters. The van der Waals surface area contributed by atoms with Crippen LogP contribution in [-0.4, -0.2) is 41.5 Å². The van der Waals surface area contributed by atoms with Gasteiger partial charge in [0, 0.05) is 22.0 Å². The number of rotatable bonds is 8. The van der Waals surface area contributed by atoms with Gasteiger partial charge in [-0.15, -0.1) is 11.3 Å². The molecule has 170 valence electrons. The molecule has 4 aromatic rings. The van der Waals surface area contributed by atoms with Crippen LogP contribution in [0.15, 0.2) is 53.9 Å². The average Bonchev–Trinajstić information content (AvgIpc) is 3.44. The third kappa shape index (κ3) is 5.27. The quantitative estimate of drug-likeness (QED) is 0.379. The molecule has 0 saturated heterocycles. The van der Waals surface area contributed by atoms with E-state index in [4.69, 9.17) is 30.8 Å². The predicted octanol–water partition coefficient (Wildman–Crippen LogP) is 4.99. The number of nitrogens with one attached hydrogen (secondary N) is 1. The van der Waals surface area contributed by atoms with Crippen molar-refractivity contribution >= 4 is 34.7 Å². The molecule has 2 aromatic heterocycles. The van der Waals surface area contributed by atoms with Crippen molar-refractivity contribution in [3.05, 3.63) is 64.6 Å². The molecule has 1 N–H and O–H groups in total. The molecule has 0 saturated carbocycles. The number of carbonyl (C=O) groups excluding carboxylic acids is 1. The van der Waals surface area contributed by atoms with Crippen LogP contribution in [0.1, 0.15) is 5.69 Å². The largest absolute Gasteiger partial charge is 0.493 e. The van der Waals surface area contributed by atoms with Crippen molar-refractivity contribution in [1.82, 2.24) is 14.8 Å². The van der Waals surface area contributed by atoms with E-state index in [1.54, 1.807) is 49.2 Å². The summed E-state index contributed by atoms with van der Waals surface area (Å²) in [6.45, 7) is 1.69. The number of aromatic nitrogens is 3. The molecule has 8 nitrogen and oxygen atoms in total. The van der Waals surface area contributed by atoms with E-state index < -0.39 is 0 Å². The first kappa shape index (κ1) is 22.6. The number of methoxy groups -OCH3 is 2. The fourth-order valence-electron chi connectivity index (χ4n) is 3.08. The molecule has 10 heteroatoms. The molecule has 4 rings (SSSR count). The summed E-state index contributed by atoms with van der Waals surface area (Å²) in [4.78, 5) is 17.1. The number of anilines is 1. The third-order valence-corrected chi connectivity index (χ3v) is 5.70. The molecule has 0 radical (unpaired) electrons. The number of ether oxygens (including phenoxy) is 3. The van der Waals surface area contributed by atoms with Gasteiger partial charge in [0.2, 0.25) is 5.13 Å². The zero-order chi connectivity index (χ0) is 23.4. The Hall–Kier alpha value is -3.56. The lowest BCUT2D eigenvalue weighted by Crippen LogP contribution is -2.21. The normalized spacial score (nSPS) is 10.7. The first-order valence-corrected chi connectivity index (χ1v) is 11.2. The Labute approximate surface area is 199 Å². The van der Waals surface area contributed by atoms with Crippen molar-refractivity contribution in [2.45, 2.75) is 6.92 Å². The average molecular weight is 485 g/mol. The van der Waals surface area contributed by atoms with Crippen molar-refractivity contribution in [2.75, 3.05) is 26.1 Å². The molecule has 0 spiro atoms. The van der Waals surface area contributed by atoms with Crippen LogP contribution in [0.25, 0.3) is 16.4 Å². The topological polar surface area (TPSA) is 87.5 Å².